The number of ether oxygens (including phenoxy) is 1. The van der Waals surface area contributed by atoms with Gasteiger partial charge in [-0.05, 0) is 35.7 Å². The van der Waals surface area contributed by atoms with E-state index in [4.69, 9.17) is 10.5 Å². The van der Waals surface area contributed by atoms with E-state index in [0.717, 1.165) is 30.9 Å². The summed E-state index contributed by atoms with van der Waals surface area (Å²) in [5, 5.41) is 0. The number of primary amides is 1. The molecule has 7 nitrogen and oxygen atoms in total. The summed E-state index contributed by atoms with van der Waals surface area (Å²) >= 11 is 0. The number of aromatic nitrogens is 2. The number of hydrogen-bond acceptors (Lipinski definition) is 5. The second kappa shape index (κ2) is 8.65. The normalized spacial score (nSPS) is 18.8. The van der Waals surface area contributed by atoms with Gasteiger partial charge in [-0.25, -0.2) is 4.98 Å². The van der Waals surface area contributed by atoms with Gasteiger partial charge in [0.2, 0.25) is 0 Å². The van der Waals surface area contributed by atoms with Crippen LogP contribution < -0.4 is 20.9 Å². The van der Waals surface area contributed by atoms with Crippen LogP contribution in [0.15, 0.2) is 47.3 Å². The Bertz CT molecular complexity index is 1200. The van der Waals surface area contributed by atoms with E-state index in [0.29, 0.717) is 17.0 Å². The van der Waals surface area contributed by atoms with E-state index in [1.54, 1.807) is 25.2 Å². The third-order valence-corrected chi connectivity index (χ3v) is 6.32. The fourth-order valence-electron chi connectivity index (χ4n) is 4.31. The van der Waals surface area contributed by atoms with Crippen LogP contribution in [0, 0.1) is 5.92 Å². The summed E-state index contributed by atoms with van der Waals surface area (Å²) < 4.78 is 7.84. The number of pyridine rings is 2. The van der Waals surface area contributed by atoms with E-state index in [2.05, 4.69) is 42.8 Å². The molecule has 7 heteroatoms. The van der Waals surface area contributed by atoms with Crippen LogP contribution >= 0.6 is 0 Å². The van der Waals surface area contributed by atoms with Gasteiger partial charge >= 0.3 is 0 Å². The molecule has 32 heavy (non-hydrogen) atoms. The maximum atomic E-state index is 12.6. The molecule has 1 aliphatic heterocycles. The summed E-state index contributed by atoms with van der Waals surface area (Å²) in [6.45, 7) is 7.96. The van der Waals surface area contributed by atoms with Gasteiger partial charge in [0, 0.05) is 38.5 Å². The Kier molecular flexibility index (Phi) is 5.91. The molecule has 0 saturated carbocycles. The Morgan fingerprint density at radius 2 is 1.91 bits per heavy atom. The minimum Gasteiger partial charge on any atom is -0.490 e. The number of carbonyl (C=O) groups is 1. The fraction of sp³-hybridized carbons (Fsp3) is 0.400. The van der Waals surface area contributed by atoms with Gasteiger partial charge in [-0.15, -0.1) is 0 Å². The van der Waals surface area contributed by atoms with Gasteiger partial charge in [-0.1, -0.05) is 32.9 Å². The van der Waals surface area contributed by atoms with Gasteiger partial charge < -0.3 is 19.9 Å². The van der Waals surface area contributed by atoms with Crippen molar-refractivity contribution < 1.29 is 9.53 Å². The minimum absolute atomic E-state index is 0.0862. The molecule has 0 radical (unpaired) electrons. The van der Waals surface area contributed by atoms with Crippen molar-refractivity contribution in [3.05, 3.63) is 64.1 Å². The topological polar surface area (TPSA) is 90.5 Å². The number of anilines is 1. The highest BCUT2D eigenvalue weighted by atomic mass is 16.5. The second-order valence-corrected chi connectivity index (χ2v) is 8.95. The molecule has 3 heterocycles. The number of piperidine rings is 1. The van der Waals surface area contributed by atoms with E-state index in [1.807, 2.05) is 12.1 Å². The van der Waals surface area contributed by atoms with Crippen LogP contribution in [-0.4, -0.2) is 34.7 Å². The summed E-state index contributed by atoms with van der Waals surface area (Å²) in [4.78, 5) is 30.9. The summed E-state index contributed by atoms with van der Waals surface area (Å²) in [5.41, 5.74) is 8.83. The highest BCUT2D eigenvalue weighted by Gasteiger charge is 2.29. The largest absolute Gasteiger partial charge is 0.490 e. The Morgan fingerprint density at radius 1 is 1.19 bits per heavy atom. The average Bonchev–Trinajstić information content (AvgIpc) is 2.77. The van der Waals surface area contributed by atoms with Crippen LogP contribution in [0.25, 0.3) is 11.0 Å². The smallest absolute Gasteiger partial charge is 0.267 e. The van der Waals surface area contributed by atoms with Crippen LogP contribution in [0.4, 0.5) is 5.69 Å². The van der Waals surface area contributed by atoms with Gasteiger partial charge in [0.1, 0.15) is 23.1 Å². The number of aryl methyl sites for hydroxylation is 1. The van der Waals surface area contributed by atoms with Gasteiger partial charge in [0.05, 0.1) is 11.2 Å². The van der Waals surface area contributed by atoms with Crippen molar-refractivity contribution in [3.8, 4) is 5.75 Å². The summed E-state index contributed by atoms with van der Waals surface area (Å²) in [7, 11) is 1.70. The molecule has 1 fully saturated rings. The molecule has 2 aromatic heterocycles. The zero-order chi connectivity index (χ0) is 23.0. The Morgan fingerprint density at radius 3 is 2.53 bits per heavy atom. The predicted octanol–water partition coefficient (Wildman–Crippen LogP) is 3.45. The van der Waals surface area contributed by atoms with Crippen molar-refractivity contribution in [2.24, 2.45) is 18.7 Å². The summed E-state index contributed by atoms with van der Waals surface area (Å²) in [5.74, 6) is 1.03. The summed E-state index contributed by atoms with van der Waals surface area (Å²) in [6.07, 6.45) is 0.905. The highest BCUT2D eigenvalue weighted by Crippen LogP contribution is 2.30. The maximum absolute atomic E-state index is 12.6. The van der Waals surface area contributed by atoms with Crippen molar-refractivity contribution in [2.45, 2.75) is 39.2 Å². The van der Waals surface area contributed by atoms with E-state index in [1.165, 1.54) is 10.1 Å². The SMILES string of the molecule is CC(C)c1ccc(OC2CCN(c3cc(=O)n(C)c4ccc(C(N)=O)nc34)CC2C)cc1. The molecule has 1 amide bonds. The quantitative estimate of drug-likeness (QED) is 0.664. The van der Waals surface area contributed by atoms with Gasteiger partial charge in [-0.3, -0.25) is 9.59 Å². The molecule has 1 aromatic carbocycles. The molecule has 2 unspecified atom stereocenters. The van der Waals surface area contributed by atoms with Crippen molar-refractivity contribution in [1.82, 2.24) is 9.55 Å². The van der Waals surface area contributed by atoms with Crippen LogP contribution in [0.1, 0.15) is 49.2 Å². The van der Waals surface area contributed by atoms with Crippen molar-refractivity contribution in [2.75, 3.05) is 18.0 Å². The number of nitrogens with zero attached hydrogens (tertiary/aromatic N) is 3. The number of nitrogens with two attached hydrogens (primary N) is 1. The standard InChI is InChI=1S/C25H30N4O3/c1-15(2)17-5-7-18(8-6-17)32-22-11-12-29(14-16(22)3)21-13-23(30)28(4)20-10-9-19(25(26)31)27-24(20)21/h5-10,13,15-16,22H,11-12,14H2,1-4H3,(H2,26,31). The molecular weight excluding hydrogens is 404 g/mol. The second-order valence-electron chi connectivity index (χ2n) is 8.95. The lowest BCUT2D eigenvalue weighted by atomic mass is 9.95. The zero-order valence-electron chi connectivity index (χ0n) is 19.0. The van der Waals surface area contributed by atoms with Crippen molar-refractivity contribution in [3.63, 3.8) is 0 Å². The first-order valence-corrected chi connectivity index (χ1v) is 11.1. The van der Waals surface area contributed by atoms with E-state index in [9.17, 15) is 9.59 Å². The average molecular weight is 435 g/mol. The molecule has 2 N–H and O–H groups in total. The number of hydrogen-bond donors (Lipinski definition) is 1. The Hall–Kier alpha value is -3.35. The van der Waals surface area contributed by atoms with Crippen LogP contribution in [0.5, 0.6) is 5.75 Å². The molecular formula is C25H30N4O3. The first kappa shape index (κ1) is 21.9. The van der Waals surface area contributed by atoms with Crippen LogP contribution in [-0.2, 0) is 7.05 Å². The third kappa shape index (κ3) is 4.20. The first-order chi connectivity index (χ1) is 15.2. The Labute approximate surface area is 187 Å². The lowest BCUT2D eigenvalue weighted by Gasteiger charge is -2.38. The van der Waals surface area contributed by atoms with E-state index in [-0.39, 0.29) is 23.3 Å². The molecule has 0 bridgehead atoms. The van der Waals surface area contributed by atoms with Crippen LogP contribution in [0.3, 0.4) is 0 Å². The Balaban J connectivity index is 1.57. The third-order valence-electron chi connectivity index (χ3n) is 6.32. The van der Waals surface area contributed by atoms with Crippen molar-refractivity contribution >= 4 is 22.6 Å². The molecule has 0 spiro atoms. The number of benzene rings is 1. The van der Waals surface area contributed by atoms with E-state index >= 15 is 0 Å². The monoisotopic (exact) mass is 434 g/mol. The molecule has 4 rings (SSSR count). The van der Waals surface area contributed by atoms with Crippen LogP contribution in [0.2, 0.25) is 0 Å². The highest BCUT2D eigenvalue weighted by molar-refractivity contribution is 5.96. The number of fused-ring (bicyclic) bond motifs is 1. The molecule has 2 atom stereocenters. The molecule has 1 aliphatic rings. The molecule has 0 aliphatic carbocycles. The lowest BCUT2D eigenvalue weighted by Crippen LogP contribution is -2.45. The predicted molar refractivity (Wildman–Crippen MR) is 126 cm³/mol. The van der Waals surface area contributed by atoms with Gasteiger partial charge in [0.25, 0.3) is 11.5 Å². The maximum Gasteiger partial charge on any atom is 0.267 e. The number of carbonyl (C=O) groups excluding carboxylic acids is 1. The number of rotatable bonds is 5. The van der Waals surface area contributed by atoms with Crippen molar-refractivity contribution in [1.29, 1.82) is 0 Å². The summed E-state index contributed by atoms with van der Waals surface area (Å²) in [6, 6.07) is 13.2. The van der Waals surface area contributed by atoms with E-state index < -0.39 is 5.91 Å². The van der Waals surface area contributed by atoms with Gasteiger partial charge in [0.15, 0.2) is 0 Å². The zero-order valence-corrected chi connectivity index (χ0v) is 19.0. The lowest BCUT2D eigenvalue weighted by molar-refractivity contribution is 0.0996. The molecule has 3 aromatic rings. The molecule has 168 valence electrons. The fourth-order valence-corrected chi connectivity index (χ4v) is 4.31. The molecule has 1 saturated heterocycles. The van der Waals surface area contributed by atoms with Gasteiger partial charge in [-0.2, -0.15) is 0 Å². The minimum atomic E-state index is -0.587. The first-order valence-electron chi connectivity index (χ1n) is 11.1. The number of amides is 1.